The summed E-state index contributed by atoms with van der Waals surface area (Å²) in [5.41, 5.74) is 5.88. The Kier molecular flexibility index (Phi) is 12.6. The van der Waals surface area contributed by atoms with Crippen LogP contribution in [0.3, 0.4) is 0 Å². The van der Waals surface area contributed by atoms with Crippen LogP contribution < -0.4 is 10.6 Å². The number of carbonyl (C=O) groups excluding carboxylic acids is 2. The van der Waals surface area contributed by atoms with Crippen molar-refractivity contribution in [2.24, 2.45) is 0 Å². The number of rotatable bonds is 14. The van der Waals surface area contributed by atoms with E-state index in [9.17, 15) is 14.7 Å². The first-order valence-electron chi connectivity index (χ1n) is 16.7. The molecular weight excluding hydrogens is 594 g/mol. The van der Waals surface area contributed by atoms with Crippen LogP contribution in [0.4, 0.5) is 4.79 Å². The van der Waals surface area contributed by atoms with Gasteiger partial charge in [-0.1, -0.05) is 85.6 Å². The lowest BCUT2D eigenvalue weighted by Gasteiger charge is -2.39. The summed E-state index contributed by atoms with van der Waals surface area (Å²) < 4.78 is 18.1. The molecule has 2 aliphatic rings. The van der Waals surface area contributed by atoms with Crippen molar-refractivity contribution in [3.8, 4) is 11.1 Å². The van der Waals surface area contributed by atoms with E-state index in [1.807, 2.05) is 54.6 Å². The van der Waals surface area contributed by atoms with Crippen LogP contribution in [0.15, 0.2) is 85.5 Å². The minimum absolute atomic E-state index is 0.0102. The number of nitrogens with zero attached hydrogens (tertiary/aromatic N) is 1. The Morgan fingerprint density at radius 3 is 2.40 bits per heavy atom. The van der Waals surface area contributed by atoms with E-state index in [-0.39, 0.29) is 32.0 Å². The Morgan fingerprint density at radius 1 is 0.957 bits per heavy atom. The van der Waals surface area contributed by atoms with E-state index in [0.29, 0.717) is 12.6 Å². The summed E-state index contributed by atoms with van der Waals surface area (Å²) in [6.07, 6.45) is 7.03. The monoisotopic (exact) mass is 641 g/mol. The minimum atomic E-state index is -0.525. The fourth-order valence-electron chi connectivity index (χ4n) is 6.41. The molecule has 0 aromatic heterocycles. The third-order valence-corrected chi connectivity index (χ3v) is 8.85. The molecule has 47 heavy (non-hydrogen) atoms. The van der Waals surface area contributed by atoms with Gasteiger partial charge in [0.1, 0.15) is 6.54 Å². The summed E-state index contributed by atoms with van der Waals surface area (Å²) in [6, 6.07) is 24.3. The Balaban J connectivity index is 1.27. The molecule has 0 spiro atoms. The molecule has 3 N–H and O–H groups in total. The van der Waals surface area contributed by atoms with Crippen molar-refractivity contribution in [2.45, 2.75) is 76.7 Å². The van der Waals surface area contributed by atoms with E-state index >= 15 is 0 Å². The highest BCUT2D eigenvalue weighted by Gasteiger charge is 2.34. The largest absolute Gasteiger partial charge is 0.465 e. The lowest BCUT2D eigenvalue weighted by atomic mass is 9.98. The molecule has 0 radical (unpaired) electrons. The first kappa shape index (κ1) is 34.3. The fourth-order valence-corrected chi connectivity index (χ4v) is 6.41. The second-order valence-electron chi connectivity index (χ2n) is 12.2. The smallest absolute Gasteiger partial charge is 0.325 e. The van der Waals surface area contributed by atoms with E-state index in [1.165, 1.54) is 25.7 Å². The van der Waals surface area contributed by atoms with Crippen LogP contribution in [0.1, 0.15) is 73.7 Å². The van der Waals surface area contributed by atoms with E-state index in [1.54, 1.807) is 6.92 Å². The number of esters is 1. The van der Waals surface area contributed by atoms with Crippen molar-refractivity contribution in [3.05, 3.63) is 108 Å². The molecule has 9 nitrogen and oxygen atoms in total. The minimum Gasteiger partial charge on any atom is -0.465 e. The van der Waals surface area contributed by atoms with E-state index < -0.39 is 18.3 Å². The van der Waals surface area contributed by atoms with Gasteiger partial charge in [0.15, 0.2) is 6.29 Å². The number of urea groups is 1. The van der Waals surface area contributed by atoms with Crippen molar-refractivity contribution in [3.63, 3.8) is 0 Å². The lowest BCUT2D eigenvalue weighted by Crippen LogP contribution is -2.43. The van der Waals surface area contributed by atoms with Crippen molar-refractivity contribution in [1.82, 2.24) is 15.5 Å². The van der Waals surface area contributed by atoms with Gasteiger partial charge in [0.25, 0.3) is 0 Å². The fraction of sp³-hybridized carbons (Fsp3) is 0.421. The molecule has 1 aliphatic carbocycles. The van der Waals surface area contributed by atoms with Crippen LogP contribution in [0.25, 0.3) is 11.1 Å². The highest BCUT2D eigenvalue weighted by Crippen LogP contribution is 2.39. The summed E-state index contributed by atoms with van der Waals surface area (Å²) in [5.74, 6) is -0.474. The number of carbonyl (C=O) groups is 2. The lowest BCUT2D eigenvalue weighted by molar-refractivity contribution is -0.253. The molecule has 1 aliphatic heterocycles. The van der Waals surface area contributed by atoms with Gasteiger partial charge in [0.05, 0.1) is 25.4 Å². The van der Waals surface area contributed by atoms with Gasteiger partial charge in [-0.25, -0.2) is 4.79 Å². The van der Waals surface area contributed by atoms with Gasteiger partial charge in [-0.15, -0.1) is 6.58 Å². The summed E-state index contributed by atoms with van der Waals surface area (Å²) in [4.78, 5) is 26.1. The molecule has 0 unspecified atom stereocenters. The Hall–Kier alpha value is -4.02. The average molecular weight is 642 g/mol. The molecule has 5 rings (SSSR count). The Bertz CT molecular complexity index is 1450. The zero-order valence-electron chi connectivity index (χ0n) is 27.2. The third kappa shape index (κ3) is 9.74. The van der Waals surface area contributed by atoms with Crippen LogP contribution >= 0.6 is 0 Å². The number of hydrogen-bond acceptors (Lipinski definition) is 7. The van der Waals surface area contributed by atoms with Crippen LogP contribution in [0.2, 0.25) is 0 Å². The number of aliphatic hydroxyl groups excluding tert-OH is 1. The molecule has 3 aromatic rings. The zero-order chi connectivity index (χ0) is 33.0. The molecule has 2 amide bonds. The van der Waals surface area contributed by atoms with Gasteiger partial charge in [-0.05, 0) is 53.6 Å². The van der Waals surface area contributed by atoms with Crippen LogP contribution in [-0.2, 0) is 32.2 Å². The maximum Gasteiger partial charge on any atom is 0.325 e. The van der Waals surface area contributed by atoms with Crippen molar-refractivity contribution in [2.75, 3.05) is 26.2 Å². The summed E-state index contributed by atoms with van der Waals surface area (Å²) in [7, 11) is 0. The molecule has 0 bridgehead atoms. The molecule has 1 saturated carbocycles. The number of aliphatic hydroxyl groups is 1. The van der Waals surface area contributed by atoms with Crippen molar-refractivity contribution >= 4 is 12.0 Å². The second-order valence-corrected chi connectivity index (χ2v) is 12.2. The van der Waals surface area contributed by atoms with Crippen LogP contribution in [0, 0.1) is 0 Å². The topological polar surface area (TPSA) is 109 Å². The number of amides is 2. The van der Waals surface area contributed by atoms with Gasteiger partial charge in [0.2, 0.25) is 0 Å². The van der Waals surface area contributed by atoms with Gasteiger partial charge >= 0.3 is 12.0 Å². The predicted molar refractivity (Wildman–Crippen MR) is 181 cm³/mol. The van der Waals surface area contributed by atoms with Crippen molar-refractivity contribution < 1.29 is 28.9 Å². The molecule has 1 heterocycles. The van der Waals surface area contributed by atoms with E-state index in [2.05, 4.69) is 46.4 Å². The van der Waals surface area contributed by atoms with E-state index in [0.717, 1.165) is 52.9 Å². The van der Waals surface area contributed by atoms with E-state index in [4.69, 9.17) is 14.2 Å². The van der Waals surface area contributed by atoms with Gasteiger partial charge in [-0.2, -0.15) is 0 Å². The zero-order valence-corrected chi connectivity index (χ0v) is 27.2. The van der Waals surface area contributed by atoms with Gasteiger partial charge in [0, 0.05) is 37.7 Å². The Morgan fingerprint density at radius 2 is 1.70 bits per heavy atom. The molecule has 9 heteroatoms. The second kappa shape index (κ2) is 17.2. The summed E-state index contributed by atoms with van der Waals surface area (Å²) in [6.45, 7) is 7.82. The summed E-state index contributed by atoms with van der Waals surface area (Å²) in [5, 5.41) is 14.8. The maximum absolute atomic E-state index is 12.1. The molecule has 1 saturated heterocycles. The number of hydrogen-bond donors (Lipinski definition) is 3. The quantitative estimate of drug-likeness (QED) is 0.142. The number of ether oxygens (including phenoxy) is 3. The predicted octanol–water partition coefficient (Wildman–Crippen LogP) is 6.18. The Labute approximate surface area is 277 Å². The number of benzene rings is 3. The molecule has 2 fully saturated rings. The molecule has 250 valence electrons. The standard InChI is InChI=1S/C38H47N3O6/c1-3-20-41(33-10-5-6-11-33)25-34-22-35(30-14-12-27(26-42)13-15-30)47-37(46-34)31-18-16-29(17-19-31)32-9-7-8-28(21-32)23-39-38(44)40-24-36(43)45-4-2/h3,7-9,12-19,21,33-35,37,42H,1,4-6,10-11,20,22-26H2,2H3,(H2,39,40,44)/t34-,35+,37+/m1/s1. The normalized spacial score (nSPS) is 19.8. The molecule has 3 aromatic carbocycles. The third-order valence-electron chi connectivity index (χ3n) is 8.85. The molecule has 3 atom stereocenters. The van der Waals surface area contributed by atoms with Crippen LogP contribution in [0.5, 0.6) is 0 Å². The first-order valence-corrected chi connectivity index (χ1v) is 16.7. The highest BCUT2D eigenvalue weighted by atomic mass is 16.7. The van der Waals surface area contributed by atoms with Gasteiger partial charge < -0.3 is 30.0 Å². The van der Waals surface area contributed by atoms with Crippen LogP contribution in [-0.4, -0.2) is 60.4 Å². The van der Waals surface area contributed by atoms with Crippen molar-refractivity contribution in [1.29, 1.82) is 0 Å². The van der Waals surface area contributed by atoms with Gasteiger partial charge in [-0.3, -0.25) is 9.69 Å². The summed E-state index contributed by atoms with van der Waals surface area (Å²) >= 11 is 0. The first-order chi connectivity index (χ1) is 22.9. The average Bonchev–Trinajstić information content (AvgIpc) is 3.65. The number of nitrogens with one attached hydrogen (secondary N) is 2. The highest BCUT2D eigenvalue weighted by molar-refractivity contribution is 5.80. The maximum atomic E-state index is 12.1. The molecular formula is C38H47N3O6. The SMILES string of the molecule is C=CCN(C[C@H]1C[C@@H](c2ccc(CO)cc2)O[C@@H](c2ccc(-c3cccc(CNC(=O)NCC(=O)OCC)c3)cc2)O1)C1CCCC1.